The molecule has 3 aromatic rings. The maximum Gasteiger partial charge on any atom is 0.326 e. The highest BCUT2D eigenvalue weighted by Crippen LogP contribution is 2.19. The first-order valence-electron chi connectivity index (χ1n) is 12.8. The van der Waals surface area contributed by atoms with Crippen molar-refractivity contribution < 1.29 is 34.2 Å². The lowest BCUT2D eigenvalue weighted by molar-refractivity contribution is -0.142. The molecule has 40 heavy (non-hydrogen) atoms. The number of carbonyl (C=O) groups is 5. The third kappa shape index (κ3) is 8.40. The molecule has 1 aromatic heterocycles. The van der Waals surface area contributed by atoms with Crippen LogP contribution in [0.1, 0.15) is 30.9 Å². The summed E-state index contributed by atoms with van der Waals surface area (Å²) < 4.78 is 0. The number of para-hydroxylation sites is 1. The van der Waals surface area contributed by atoms with Gasteiger partial charge in [0.15, 0.2) is 0 Å². The van der Waals surface area contributed by atoms with Gasteiger partial charge in [-0.05, 0) is 30.5 Å². The highest BCUT2D eigenvalue weighted by molar-refractivity contribution is 5.95. The van der Waals surface area contributed by atoms with Gasteiger partial charge in [-0.2, -0.15) is 0 Å². The summed E-state index contributed by atoms with van der Waals surface area (Å²) in [6, 6.07) is 11.3. The summed E-state index contributed by atoms with van der Waals surface area (Å²) >= 11 is 0. The van der Waals surface area contributed by atoms with E-state index in [1.165, 1.54) is 6.92 Å². The van der Waals surface area contributed by atoms with Crippen LogP contribution in [0.5, 0.6) is 0 Å². The van der Waals surface area contributed by atoms with Gasteiger partial charge in [0.1, 0.15) is 18.1 Å². The molecule has 3 rings (SSSR count). The molecule has 212 valence electrons. The van der Waals surface area contributed by atoms with Crippen LogP contribution in [0.2, 0.25) is 0 Å². The normalized spacial score (nSPS) is 13.9. The van der Waals surface area contributed by atoms with Crippen LogP contribution in [0.3, 0.4) is 0 Å². The molecular weight excluding hydrogens is 518 g/mol. The Morgan fingerprint density at radius 3 is 2.05 bits per heavy atom. The third-order valence-electron chi connectivity index (χ3n) is 6.32. The second kappa shape index (κ2) is 13.9. The number of aromatic nitrogens is 1. The molecule has 12 heteroatoms. The number of hydrogen-bond donors (Lipinski definition) is 7. The van der Waals surface area contributed by atoms with Gasteiger partial charge < -0.3 is 36.9 Å². The summed E-state index contributed by atoms with van der Waals surface area (Å²) in [5.41, 5.74) is 7.78. The van der Waals surface area contributed by atoms with Gasteiger partial charge in [-0.25, -0.2) is 4.79 Å². The number of hydrogen-bond acceptors (Lipinski definition) is 6. The second-order valence-electron chi connectivity index (χ2n) is 9.50. The minimum absolute atomic E-state index is 0.00779. The molecule has 0 saturated heterocycles. The largest absolute Gasteiger partial charge is 0.481 e. The fourth-order valence-electron chi connectivity index (χ4n) is 4.16. The van der Waals surface area contributed by atoms with Gasteiger partial charge in [0.2, 0.25) is 17.7 Å². The quantitative estimate of drug-likeness (QED) is 0.152. The molecule has 0 saturated carbocycles. The van der Waals surface area contributed by atoms with Crippen LogP contribution in [0.15, 0.2) is 60.8 Å². The summed E-state index contributed by atoms with van der Waals surface area (Å²) in [5, 5.41) is 27.2. The molecule has 0 fully saturated rings. The predicted octanol–water partition coefficient (Wildman–Crippen LogP) is 0.704. The molecule has 8 N–H and O–H groups in total. The molecule has 0 radical (unpaired) electrons. The minimum atomic E-state index is -1.28. The standard InChI is InChI=1S/C28H33N5O7/c1-16(29)25(36)31-21(11-12-24(34)35)26(37)32-22(14-18-15-30-20-10-6-5-9-19(18)20)27(38)33-23(28(39)40)13-17-7-3-2-4-8-17/h2-10,15-16,21-23,30H,11-14,29H2,1H3,(H,31,36)(H,32,37)(H,33,38)(H,34,35)(H,39,40). The van der Waals surface area contributed by atoms with Gasteiger partial charge in [-0.3, -0.25) is 19.2 Å². The fraction of sp³-hybridized carbons (Fsp3) is 0.321. The van der Waals surface area contributed by atoms with Crippen molar-refractivity contribution in [1.82, 2.24) is 20.9 Å². The maximum atomic E-state index is 13.5. The van der Waals surface area contributed by atoms with E-state index in [2.05, 4.69) is 20.9 Å². The van der Waals surface area contributed by atoms with E-state index >= 15 is 0 Å². The molecule has 0 aliphatic rings. The first-order chi connectivity index (χ1) is 19.0. The van der Waals surface area contributed by atoms with E-state index < -0.39 is 60.2 Å². The van der Waals surface area contributed by atoms with Gasteiger partial charge >= 0.3 is 11.9 Å². The van der Waals surface area contributed by atoms with E-state index in [-0.39, 0.29) is 19.3 Å². The Labute approximate surface area is 230 Å². The van der Waals surface area contributed by atoms with Crippen molar-refractivity contribution in [2.45, 2.75) is 56.8 Å². The number of nitrogens with one attached hydrogen (secondary N) is 4. The van der Waals surface area contributed by atoms with Crippen LogP contribution in [0.4, 0.5) is 0 Å². The minimum Gasteiger partial charge on any atom is -0.481 e. The molecule has 0 aliphatic heterocycles. The van der Waals surface area contributed by atoms with E-state index in [0.717, 1.165) is 10.9 Å². The van der Waals surface area contributed by atoms with E-state index in [1.54, 1.807) is 36.5 Å². The number of H-pyrrole nitrogens is 1. The smallest absolute Gasteiger partial charge is 0.326 e. The predicted molar refractivity (Wildman–Crippen MR) is 146 cm³/mol. The molecule has 1 heterocycles. The van der Waals surface area contributed by atoms with Crippen molar-refractivity contribution in [3.63, 3.8) is 0 Å². The molecular formula is C28H33N5O7. The highest BCUT2D eigenvalue weighted by Gasteiger charge is 2.31. The van der Waals surface area contributed by atoms with Crippen LogP contribution in [-0.4, -0.2) is 69.0 Å². The van der Waals surface area contributed by atoms with Gasteiger partial charge in [0.25, 0.3) is 0 Å². The summed E-state index contributed by atoms with van der Waals surface area (Å²) in [6.45, 7) is 1.41. The Morgan fingerprint density at radius 2 is 1.40 bits per heavy atom. The number of amides is 3. The lowest BCUT2D eigenvalue weighted by atomic mass is 10.0. The Balaban J connectivity index is 1.87. The Kier molecular flexibility index (Phi) is 10.4. The third-order valence-corrected chi connectivity index (χ3v) is 6.32. The summed E-state index contributed by atoms with van der Waals surface area (Å²) in [5.74, 6) is -4.65. The Bertz CT molecular complexity index is 1360. The van der Waals surface area contributed by atoms with Crippen LogP contribution >= 0.6 is 0 Å². The highest BCUT2D eigenvalue weighted by atomic mass is 16.4. The van der Waals surface area contributed by atoms with E-state index in [1.807, 2.05) is 24.3 Å². The second-order valence-corrected chi connectivity index (χ2v) is 9.50. The van der Waals surface area contributed by atoms with Crippen LogP contribution in [0.25, 0.3) is 10.9 Å². The average Bonchev–Trinajstić information content (AvgIpc) is 3.33. The van der Waals surface area contributed by atoms with Crippen LogP contribution < -0.4 is 21.7 Å². The summed E-state index contributed by atoms with van der Waals surface area (Å²) in [6.07, 6.45) is 1.03. The number of carboxylic acid groups (broad SMARTS) is 2. The van der Waals surface area contributed by atoms with Gasteiger partial charge in [0, 0.05) is 36.4 Å². The number of fused-ring (bicyclic) bond motifs is 1. The van der Waals surface area contributed by atoms with E-state index in [4.69, 9.17) is 10.8 Å². The van der Waals surface area contributed by atoms with Crippen molar-refractivity contribution in [3.05, 3.63) is 71.9 Å². The zero-order chi connectivity index (χ0) is 29.2. The number of aliphatic carboxylic acids is 2. The van der Waals surface area contributed by atoms with Gasteiger partial charge in [-0.1, -0.05) is 48.5 Å². The zero-order valence-corrected chi connectivity index (χ0v) is 21.9. The molecule has 0 spiro atoms. The van der Waals surface area contributed by atoms with Crippen LogP contribution in [0, 0.1) is 0 Å². The van der Waals surface area contributed by atoms with Crippen molar-refractivity contribution >= 4 is 40.6 Å². The summed E-state index contributed by atoms with van der Waals surface area (Å²) in [4.78, 5) is 65.2. The zero-order valence-electron chi connectivity index (χ0n) is 21.9. The van der Waals surface area contributed by atoms with Crippen molar-refractivity contribution in [1.29, 1.82) is 0 Å². The van der Waals surface area contributed by atoms with E-state index in [9.17, 15) is 29.1 Å². The molecule has 3 amide bonds. The first-order valence-corrected chi connectivity index (χ1v) is 12.8. The Morgan fingerprint density at radius 1 is 0.800 bits per heavy atom. The topological polar surface area (TPSA) is 204 Å². The monoisotopic (exact) mass is 551 g/mol. The summed E-state index contributed by atoms with van der Waals surface area (Å²) in [7, 11) is 0. The maximum absolute atomic E-state index is 13.5. The van der Waals surface area contributed by atoms with Crippen LogP contribution in [-0.2, 0) is 36.8 Å². The number of aromatic amines is 1. The number of rotatable bonds is 14. The number of nitrogens with two attached hydrogens (primary N) is 1. The molecule has 4 atom stereocenters. The number of benzene rings is 2. The molecule has 0 bridgehead atoms. The lowest BCUT2D eigenvalue weighted by Gasteiger charge is -2.25. The molecule has 2 aromatic carbocycles. The molecule has 0 aliphatic carbocycles. The van der Waals surface area contributed by atoms with E-state index in [0.29, 0.717) is 11.1 Å². The van der Waals surface area contributed by atoms with Crippen molar-refractivity contribution in [2.75, 3.05) is 0 Å². The van der Waals surface area contributed by atoms with Crippen molar-refractivity contribution in [3.8, 4) is 0 Å². The molecule has 4 unspecified atom stereocenters. The SMILES string of the molecule is CC(N)C(=O)NC(CCC(=O)O)C(=O)NC(Cc1c[nH]c2ccccc12)C(=O)NC(Cc1ccccc1)C(=O)O. The Hall–Kier alpha value is -4.71. The fourth-order valence-corrected chi connectivity index (χ4v) is 4.16. The van der Waals surface area contributed by atoms with Gasteiger partial charge in [0.05, 0.1) is 6.04 Å². The molecule has 12 nitrogen and oxygen atoms in total. The lowest BCUT2D eigenvalue weighted by Crippen LogP contribution is -2.57. The number of carboxylic acids is 2. The number of carbonyl (C=O) groups excluding carboxylic acids is 3. The average molecular weight is 552 g/mol. The van der Waals surface area contributed by atoms with Crippen molar-refractivity contribution in [2.24, 2.45) is 5.73 Å². The van der Waals surface area contributed by atoms with Gasteiger partial charge in [-0.15, -0.1) is 0 Å². The first kappa shape index (κ1) is 29.8.